The summed E-state index contributed by atoms with van der Waals surface area (Å²) in [6.07, 6.45) is 4.15. The molecule has 0 aliphatic carbocycles. The Balaban J connectivity index is 2.32. The van der Waals surface area contributed by atoms with E-state index in [4.69, 9.17) is 17.3 Å². The van der Waals surface area contributed by atoms with Crippen LogP contribution in [0, 0.1) is 0 Å². The molecule has 0 saturated heterocycles. The van der Waals surface area contributed by atoms with Gasteiger partial charge in [-0.2, -0.15) is 0 Å². The number of nitrogens with zero attached hydrogens (tertiary/aromatic N) is 2. The zero-order chi connectivity index (χ0) is 13.9. The number of hydrogen-bond acceptors (Lipinski definition) is 5. The number of sulfonamides is 1. The van der Waals surface area contributed by atoms with Crippen molar-refractivity contribution in [2.75, 3.05) is 4.72 Å². The van der Waals surface area contributed by atoms with Crippen LogP contribution in [0.2, 0.25) is 5.02 Å². The molecule has 2 aromatic rings. The summed E-state index contributed by atoms with van der Waals surface area (Å²) in [7, 11) is -3.74. The molecule has 0 bridgehead atoms. The molecule has 0 saturated carbocycles. The highest BCUT2D eigenvalue weighted by atomic mass is 35.5. The van der Waals surface area contributed by atoms with E-state index in [1.165, 1.54) is 30.7 Å². The van der Waals surface area contributed by atoms with Crippen molar-refractivity contribution in [2.45, 2.75) is 11.4 Å². The molecule has 0 unspecified atom stereocenters. The maximum absolute atomic E-state index is 12.1. The maximum atomic E-state index is 12.1. The van der Waals surface area contributed by atoms with Crippen molar-refractivity contribution in [1.82, 2.24) is 9.97 Å². The van der Waals surface area contributed by atoms with E-state index in [-0.39, 0.29) is 17.3 Å². The summed E-state index contributed by atoms with van der Waals surface area (Å²) in [4.78, 5) is 7.66. The third-order valence-electron chi connectivity index (χ3n) is 2.36. The standard InChI is InChI=1S/C11H11ClN4O2S/c12-10-5-9(2-1-8(10)6-13)19(17,18)16-11-7-14-3-4-15-11/h1-5,7H,6,13H2,(H,15,16). The second kappa shape index (κ2) is 5.52. The van der Waals surface area contributed by atoms with Crippen LogP contribution in [0.4, 0.5) is 5.82 Å². The molecule has 3 N–H and O–H groups in total. The summed E-state index contributed by atoms with van der Waals surface area (Å²) in [6, 6.07) is 4.36. The molecule has 100 valence electrons. The van der Waals surface area contributed by atoms with Gasteiger partial charge >= 0.3 is 0 Å². The molecule has 1 heterocycles. The fourth-order valence-corrected chi connectivity index (χ4v) is 2.75. The summed E-state index contributed by atoms with van der Waals surface area (Å²) < 4.78 is 26.5. The van der Waals surface area contributed by atoms with Gasteiger partial charge in [-0.1, -0.05) is 17.7 Å². The summed E-state index contributed by atoms with van der Waals surface area (Å²) in [5.41, 5.74) is 6.15. The number of nitrogens with one attached hydrogen (secondary N) is 1. The summed E-state index contributed by atoms with van der Waals surface area (Å²) >= 11 is 5.94. The first-order chi connectivity index (χ1) is 9.03. The average molecular weight is 299 g/mol. The fourth-order valence-electron chi connectivity index (χ4n) is 1.41. The maximum Gasteiger partial charge on any atom is 0.263 e. The zero-order valence-corrected chi connectivity index (χ0v) is 11.3. The van der Waals surface area contributed by atoms with Gasteiger partial charge < -0.3 is 5.73 Å². The Hall–Kier alpha value is -1.70. The van der Waals surface area contributed by atoms with E-state index in [2.05, 4.69) is 14.7 Å². The van der Waals surface area contributed by atoms with Crippen LogP contribution in [-0.2, 0) is 16.6 Å². The van der Waals surface area contributed by atoms with Crippen molar-refractivity contribution in [3.63, 3.8) is 0 Å². The molecular weight excluding hydrogens is 288 g/mol. The smallest absolute Gasteiger partial charge is 0.263 e. The minimum absolute atomic E-state index is 0.0420. The first-order valence-corrected chi connectivity index (χ1v) is 7.16. The van der Waals surface area contributed by atoms with E-state index in [1.807, 2.05) is 0 Å². The van der Waals surface area contributed by atoms with E-state index in [9.17, 15) is 8.42 Å². The van der Waals surface area contributed by atoms with Gasteiger partial charge in [0.2, 0.25) is 0 Å². The Kier molecular flexibility index (Phi) is 3.98. The third kappa shape index (κ3) is 3.19. The third-order valence-corrected chi connectivity index (χ3v) is 4.06. The monoisotopic (exact) mass is 298 g/mol. The summed E-state index contributed by atoms with van der Waals surface area (Å²) in [5, 5.41) is 0.310. The van der Waals surface area contributed by atoms with Gasteiger partial charge in [0.15, 0.2) is 5.82 Å². The summed E-state index contributed by atoms with van der Waals surface area (Å²) in [6.45, 7) is 0.247. The molecule has 0 radical (unpaired) electrons. The van der Waals surface area contributed by atoms with Crippen LogP contribution < -0.4 is 10.5 Å². The van der Waals surface area contributed by atoms with Crippen molar-refractivity contribution < 1.29 is 8.42 Å². The van der Waals surface area contributed by atoms with Gasteiger partial charge in [0.25, 0.3) is 10.0 Å². The van der Waals surface area contributed by atoms with Gasteiger partial charge in [0.1, 0.15) is 0 Å². The molecule has 0 amide bonds. The van der Waals surface area contributed by atoms with Crippen molar-refractivity contribution >= 4 is 27.4 Å². The Bertz CT molecular complexity index is 676. The van der Waals surface area contributed by atoms with Crippen LogP contribution in [0.3, 0.4) is 0 Å². The lowest BCUT2D eigenvalue weighted by Gasteiger charge is -2.08. The number of nitrogens with two attached hydrogens (primary N) is 1. The van der Waals surface area contributed by atoms with E-state index >= 15 is 0 Å². The molecule has 2 rings (SSSR count). The lowest BCUT2D eigenvalue weighted by Crippen LogP contribution is -2.14. The quantitative estimate of drug-likeness (QED) is 0.889. The predicted octanol–water partition coefficient (Wildman–Crippen LogP) is 1.39. The van der Waals surface area contributed by atoms with E-state index in [0.29, 0.717) is 10.6 Å². The molecule has 0 aliphatic heterocycles. The number of aromatic nitrogens is 2. The van der Waals surface area contributed by atoms with Gasteiger partial charge in [-0.3, -0.25) is 9.71 Å². The molecular formula is C11H11ClN4O2S. The average Bonchev–Trinajstić information content (AvgIpc) is 2.39. The fraction of sp³-hybridized carbons (Fsp3) is 0.0909. The van der Waals surface area contributed by atoms with E-state index < -0.39 is 10.0 Å². The number of benzene rings is 1. The van der Waals surface area contributed by atoms with Crippen LogP contribution >= 0.6 is 11.6 Å². The minimum atomic E-state index is -3.74. The number of rotatable bonds is 4. The molecule has 0 atom stereocenters. The Labute approximate surface area is 115 Å². The van der Waals surface area contributed by atoms with Crippen molar-refractivity contribution in [1.29, 1.82) is 0 Å². The van der Waals surface area contributed by atoms with Crippen LogP contribution in [0.1, 0.15) is 5.56 Å². The van der Waals surface area contributed by atoms with Gasteiger partial charge in [0.05, 0.1) is 11.1 Å². The van der Waals surface area contributed by atoms with Crippen LogP contribution in [0.5, 0.6) is 0 Å². The second-order valence-corrected chi connectivity index (χ2v) is 5.74. The Morgan fingerprint density at radius 2 is 2.11 bits per heavy atom. The van der Waals surface area contributed by atoms with Crippen LogP contribution in [0.25, 0.3) is 0 Å². The molecule has 0 spiro atoms. The predicted molar refractivity (Wildman–Crippen MR) is 72.2 cm³/mol. The SMILES string of the molecule is NCc1ccc(S(=O)(=O)Nc2cnccn2)cc1Cl. The second-order valence-electron chi connectivity index (χ2n) is 3.65. The highest BCUT2D eigenvalue weighted by Crippen LogP contribution is 2.21. The van der Waals surface area contributed by atoms with Crippen LogP contribution in [-0.4, -0.2) is 18.4 Å². The van der Waals surface area contributed by atoms with Gasteiger partial charge in [-0.05, 0) is 17.7 Å². The first kappa shape index (κ1) is 13.7. The molecule has 0 fully saturated rings. The number of anilines is 1. The number of hydrogen-bond donors (Lipinski definition) is 2. The molecule has 1 aromatic carbocycles. The van der Waals surface area contributed by atoms with Gasteiger partial charge in [-0.25, -0.2) is 13.4 Å². The van der Waals surface area contributed by atoms with Crippen molar-refractivity contribution in [3.8, 4) is 0 Å². The number of halogens is 1. The largest absolute Gasteiger partial charge is 0.326 e. The van der Waals surface area contributed by atoms with Crippen molar-refractivity contribution in [2.24, 2.45) is 5.73 Å². The summed E-state index contributed by atoms with van der Waals surface area (Å²) in [5.74, 6) is 0.140. The highest BCUT2D eigenvalue weighted by molar-refractivity contribution is 7.92. The van der Waals surface area contributed by atoms with E-state index in [1.54, 1.807) is 6.07 Å². The normalized spacial score (nSPS) is 11.3. The Morgan fingerprint density at radius 3 is 2.68 bits per heavy atom. The van der Waals surface area contributed by atoms with Crippen molar-refractivity contribution in [3.05, 3.63) is 47.4 Å². The molecule has 19 heavy (non-hydrogen) atoms. The Morgan fingerprint density at radius 1 is 1.32 bits per heavy atom. The van der Waals surface area contributed by atoms with E-state index in [0.717, 1.165) is 0 Å². The lowest BCUT2D eigenvalue weighted by atomic mass is 10.2. The van der Waals surface area contributed by atoms with Gasteiger partial charge in [-0.15, -0.1) is 0 Å². The molecule has 0 aliphatic rings. The minimum Gasteiger partial charge on any atom is -0.326 e. The molecule has 6 nitrogen and oxygen atoms in total. The lowest BCUT2D eigenvalue weighted by molar-refractivity contribution is 0.601. The molecule has 1 aromatic heterocycles. The first-order valence-electron chi connectivity index (χ1n) is 5.30. The zero-order valence-electron chi connectivity index (χ0n) is 9.75. The van der Waals surface area contributed by atoms with Gasteiger partial charge in [0, 0.05) is 24.0 Å². The highest BCUT2D eigenvalue weighted by Gasteiger charge is 2.16. The topological polar surface area (TPSA) is 98.0 Å². The van der Waals surface area contributed by atoms with Crippen LogP contribution in [0.15, 0.2) is 41.7 Å². The molecule has 8 heteroatoms.